The van der Waals surface area contributed by atoms with Crippen molar-refractivity contribution in [2.45, 2.75) is 24.4 Å². The zero-order valence-corrected chi connectivity index (χ0v) is 11.0. The van der Waals surface area contributed by atoms with Crippen LogP contribution >= 0.6 is 0 Å². The van der Waals surface area contributed by atoms with Crippen molar-refractivity contribution in [2.75, 3.05) is 39.6 Å². The van der Waals surface area contributed by atoms with Crippen LogP contribution < -0.4 is 0 Å². The number of aliphatic hydroxyl groups excluding tert-OH is 8. The van der Waals surface area contributed by atoms with Crippen molar-refractivity contribution in [3.8, 4) is 0 Å². The maximum absolute atomic E-state index is 9.88. The SMILES string of the molecule is OCC(O)COC(C(O)C(O)CO)C(CO)(CO)CO. The molecule has 0 saturated carbocycles. The minimum atomic E-state index is -1.72. The molecule has 0 aliphatic rings. The summed E-state index contributed by atoms with van der Waals surface area (Å²) in [5.74, 6) is 0. The Bertz CT molecular complexity index is 238. The molecule has 0 spiro atoms. The zero-order chi connectivity index (χ0) is 15.8. The molecule has 8 N–H and O–H groups in total. The van der Waals surface area contributed by atoms with Crippen LogP contribution in [0.1, 0.15) is 0 Å². The van der Waals surface area contributed by atoms with Crippen LogP contribution in [-0.2, 0) is 4.74 Å². The molecule has 0 saturated heterocycles. The van der Waals surface area contributed by atoms with Gasteiger partial charge in [-0.15, -0.1) is 0 Å². The average molecular weight is 300 g/mol. The molecule has 0 aliphatic carbocycles. The van der Waals surface area contributed by atoms with Gasteiger partial charge < -0.3 is 45.6 Å². The standard InChI is InChI=1S/C11H24O9/c12-1-7(17)3-20-10(9(19)8(18)2-13)11(4-14,5-15)6-16/h7-10,12-19H,1-6H2. The lowest BCUT2D eigenvalue weighted by Gasteiger charge is -2.40. The first-order chi connectivity index (χ1) is 9.42. The van der Waals surface area contributed by atoms with Gasteiger partial charge in [-0.1, -0.05) is 0 Å². The molecule has 0 fully saturated rings. The summed E-state index contributed by atoms with van der Waals surface area (Å²) in [6.07, 6.45) is -6.09. The summed E-state index contributed by atoms with van der Waals surface area (Å²) >= 11 is 0. The van der Waals surface area contributed by atoms with Crippen LogP contribution in [0.2, 0.25) is 0 Å². The first-order valence-electron chi connectivity index (χ1n) is 6.12. The van der Waals surface area contributed by atoms with Gasteiger partial charge in [-0.3, -0.25) is 0 Å². The van der Waals surface area contributed by atoms with E-state index in [1.807, 2.05) is 0 Å². The molecule has 0 amide bonds. The van der Waals surface area contributed by atoms with Crippen molar-refractivity contribution in [1.29, 1.82) is 0 Å². The first kappa shape index (κ1) is 19.6. The summed E-state index contributed by atoms with van der Waals surface area (Å²) in [6.45, 7) is -4.19. The predicted octanol–water partition coefficient (Wildman–Crippen LogP) is -4.60. The molecule has 0 rings (SSSR count). The number of hydrogen-bond acceptors (Lipinski definition) is 9. The largest absolute Gasteiger partial charge is 0.396 e. The van der Waals surface area contributed by atoms with Gasteiger partial charge in [0.15, 0.2) is 0 Å². The monoisotopic (exact) mass is 300 g/mol. The second kappa shape index (κ2) is 9.55. The molecule has 0 aromatic rings. The molecule has 9 heteroatoms. The highest BCUT2D eigenvalue weighted by molar-refractivity contribution is 4.93. The summed E-state index contributed by atoms with van der Waals surface area (Å²) in [7, 11) is 0. The van der Waals surface area contributed by atoms with E-state index in [0.717, 1.165) is 0 Å². The molecule has 4 unspecified atom stereocenters. The normalized spacial score (nSPS) is 18.6. The van der Waals surface area contributed by atoms with Crippen molar-refractivity contribution in [3.05, 3.63) is 0 Å². The Morgan fingerprint density at radius 1 is 0.800 bits per heavy atom. The Labute approximate surface area is 116 Å². The lowest BCUT2D eigenvalue weighted by atomic mass is 9.80. The molecule has 0 aliphatic heterocycles. The molecule has 0 aromatic carbocycles. The van der Waals surface area contributed by atoms with Crippen molar-refractivity contribution in [2.24, 2.45) is 5.41 Å². The molecule has 0 aromatic heterocycles. The van der Waals surface area contributed by atoms with Gasteiger partial charge in [0.2, 0.25) is 0 Å². The van der Waals surface area contributed by atoms with Gasteiger partial charge in [-0.05, 0) is 0 Å². The molecular formula is C11H24O9. The van der Waals surface area contributed by atoms with E-state index < -0.39 is 69.5 Å². The fourth-order valence-electron chi connectivity index (χ4n) is 1.63. The maximum atomic E-state index is 9.88. The average Bonchev–Trinajstić information content (AvgIpc) is 2.50. The van der Waals surface area contributed by atoms with E-state index in [4.69, 9.17) is 14.9 Å². The highest BCUT2D eigenvalue weighted by atomic mass is 16.5. The van der Waals surface area contributed by atoms with Crippen LogP contribution in [0.3, 0.4) is 0 Å². The molecular weight excluding hydrogens is 276 g/mol. The maximum Gasteiger partial charge on any atom is 0.109 e. The molecule has 0 heterocycles. The zero-order valence-electron chi connectivity index (χ0n) is 11.0. The second-order valence-electron chi connectivity index (χ2n) is 4.67. The van der Waals surface area contributed by atoms with Crippen molar-refractivity contribution < 1.29 is 45.6 Å². The molecule has 122 valence electrons. The van der Waals surface area contributed by atoms with Crippen LogP contribution in [0.15, 0.2) is 0 Å². The highest BCUT2D eigenvalue weighted by Gasteiger charge is 2.45. The number of hydrogen-bond donors (Lipinski definition) is 8. The summed E-state index contributed by atoms with van der Waals surface area (Å²) in [5.41, 5.74) is -1.69. The lowest BCUT2D eigenvalue weighted by molar-refractivity contribution is -0.191. The summed E-state index contributed by atoms with van der Waals surface area (Å²) in [6, 6.07) is 0. The molecule has 9 nitrogen and oxygen atoms in total. The molecule has 0 bridgehead atoms. The van der Waals surface area contributed by atoms with Crippen molar-refractivity contribution >= 4 is 0 Å². The predicted molar refractivity (Wildman–Crippen MR) is 65.6 cm³/mol. The van der Waals surface area contributed by atoms with Crippen LogP contribution in [0.5, 0.6) is 0 Å². The third kappa shape index (κ3) is 4.88. The first-order valence-corrected chi connectivity index (χ1v) is 6.12. The van der Waals surface area contributed by atoms with Crippen LogP contribution in [0.4, 0.5) is 0 Å². The summed E-state index contributed by atoms with van der Waals surface area (Å²) in [5, 5.41) is 73.9. The van der Waals surface area contributed by atoms with Crippen LogP contribution in [0.25, 0.3) is 0 Å². The third-order valence-electron chi connectivity index (χ3n) is 3.12. The number of ether oxygens (including phenoxy) is 1. The van der Waals surface area contributed by atoms with E-state index in [-0.39, 0.29) is 0 Å². The van der Waals surface area contributed by atoms with E-state index in [1.165, 1.54) is 0 Å². The Morgan fingerprint density at radius 3 is 1.65 bits per heavy atom. The van der Waals surface area contributed by atoms with E-state index in [1.54, 1.807) is 0 Å². The van der Waals surface area contributed by atoms with E-state index in [0.29, 0.717) is 0 Å². The quantitative estimate of drug-likeness (QED) is 0.187. The smallest absolute Gasteiger partial charge is 0.109 e. The number of aliphatic hydroxyl groups is 8. The van der Waals surface area contributed by atoms with Crippen molar-refractivity contribution in [1.82, 2.24) is 0 Å². The van der Waals surface area contributed by atoms with Crippen molar-refractivity contribution in [3.63, 3.8) is 0 Å². The molecule has 4 atom stereocenters. The Morgan fingerprint density at radius 2 is 1.30 bits per heavy atom. The molecule has 20 heavy (non-hydrogen) atoms. The Hall–Kier alpha value is -0.360. The van der Waals surface area contributed by atoms with E-state index in [9.17, 15) is 30.6 Å². The second-order valence-corrected chi connectivity index (χ2v) is 4.67. The van der Waals surface area contributed by atoms with Crippen LogP contribution in [-0.4, -0.2) is 105 Å². The fourth-order valence-corrected chi connectivity index (χ4v) is 1.63. The topological polar surface area (TPSA) is 171 Å². The fraction of sp³-hybridized carbons (Fsp3) is 1.00. The summed E-state index contributed by atoms with van der Waals surface area (Å²) in [4.78, 5) is 0. The van der Waals surface area contributed by atoms with Gasteiger partial charge in [0, 0.05) is 0 Å². The minimum absolute atomic E-state index is 0.460. The van der Waals surface area contributed by atoms with Gasteiger partial charge in [0.05, 0.1) is 51.2 Å². The van der Waals surface area contributed by atoms with Gasteiger partial charge in [-0.25, -0.2) is 0 Å². The minimum Gasteiger partial charge on any atom is -0.396 e. The van der Waals surface area contributed by atoms with E-state index in [2.05, 4.69) is 0 Å². The van der Waals surface area contributed by atoms with E-state index >= 15 is 0 Å². The van der Waals surface area contributed by atoms with Gasteiger partial charge in [0.1, 0.15) is 18.3 Å². The highest BCUT2D eigenvalue weighted by Crippen LogP contribution is 2.27. The summed E-state index contributed by atoms with van der Waals surface area (Å²) < 4.78 is 5.11. The van der Waals surface area contributed by atoms with Crippen LogP contribution in [0, 0.1) is 5.41 Å². The Kier molecular flexibility index (Phi) is 9.38. The Balaban J connectivity index is 5.12. The third-order valence-corrected chi connectivity index (χ3v) is 3.12. The van der Waals surface area contributed by atoms with Gasteiger partial charge in [-0.2, -0.15) is 0 Å². The molecule has 0 radical (unpaired) electrons. The van der Waals surface area contributed by atoms with Gasteiger partial charge >= 0.3 is 0 Å². The number of rotatable bonds is 11. The van der Waals surface area contributed by atoms with Gasteiger partial charge in [0.25, 0.3) is 0 Å². The lowest BCUT2D eigenvalue weighted by Crippen LogP contribution is -2.56.